The molecule has 0 unspecified atom stereocenters. The van der Waals surface area contributed by atoms with Crippen LogP contribution in [0.25, 0.3) is 6.08 Å². The van der Waals surface area contributed by atoms with Crippen molar-refractivity contribution in [1.82, 2.24) is 0 Å². The lowest BCUT2D eigenvalue weighted by Gasteiger charge is -2.05. The van der Waals surface area contributed by atoms with Crippen molar-refractivity contribution in [3.63, 3.8) is 0 Å². The summed E-state index contributed by atoms with van der Waals surface area (Å²) in [5, 5.41) is 17.5. The number of aliphatic carboxylic acids is 1. The van der Waals surface area contributed by atoms with E-state index < -0.39 is 5.97 Å². The van der Waals surface area contributed by atoms with E-state index in [4.69, 9.17) is 10.2 Å². The maximum absolute atomic E-state index is 10.3. The third-order valence-electron chi connectivity index (χ3n) is 2.25. The Hall–Kier alpha value is -1.61. The second-order valence-electron chi connectivity index (χ2n) is 3.29. The summed E-state index contributed by atoms with van der Waals surface area (Å²) >= 11 is 0. The lowest BCUT2D eigenvalue weighted by molar-refractivity contribution is -0.135. The van der Waals surface area contributed by atoms with Gasteiger partial charge in [-0.15, -0.1) is 0 Å². The summed E-state index contributed by atoms with van der Waals surface area (Å²) in [6, 6.07) is 5.59. The lowest BCUT2D eigenvalue weighted by atomic mass is 10.0. The van der Waals surface area contributed by atoms with Crippen molar-refractivity contribution in [1.29, 1.82) is 0 Å². The molecule has 0 fully saturated rings. The van der Waals surface area contributed by atoms with Gasteiger partial charge >= 0.3 is 5.97 Å². The molecule has 1 rings (SSSR count). The number of aliphatic hydroxyl groups excluding tert-OH is 1. The average Bonchev–Trinajstić information content (AvgIpc) is 2.20. The molecule has 0 aromatic heterocycles. The van der Waals surface area contributed by atoms with Crippen molar-refractivity contribution in [2.75, 3.05) is 0 Å². The zero-order chi connectivity index (χ0) is 11.3. The van der Waals surface area contributed by atoms with E-state index in [1.807, 2.05) is 25.1 Å². The molecular formula is C12H14O3. The number of carboxylic acid groups (broad SMARTS) is 1. The van der Waals surface area contributed by atoms with Gasteiger partial charge in [0.05, 0.1) is 13.0 Å². The molecule has 3 nitrogen and oxygen atoms in total. The summed E-state index contributed by atoms with van der Waals surface area (Å²) in [7, 11) is 0. The van der Waals surface area contributed by atoms with Gasteiger partial charge in [-0.25, -0.2) is 0 Å². The zero-order valence-electron chi connectivity index (χ0n) is 8.60. The van der Waals surface area contributed by atoms with Crippen LogP contribution in [0.3, 0.4) is 0 Å². The summed E-state index contributed by atoms with van der Waals surface area (Å²) < 4.78 is 0. The topological polar surface area (TPSA) is 57.5 Å². The van der Waals surface area contributed by atoms with Crippen LogP contribution >= 0.6 is 0 Å². The lowest BCUT2D eigenvalue weighted by Crippen LogP contribution is -1.92. The Balaban J connectivity index is 2.85. The first-order valence-corrected chi connectivity index (χ1v) is 4.73. The standard InChI is InChI=1S/C12H14O3/c1-9-10(5-3-7-12(14)15)4-2-6-11(9)8-13/h2-6,13H,7-8H2,1H3,(H,14,15). The van der Waals surface area contributed by atoms with Crippen molar-refractivity contribution < 1.29 is 15.0 Å². The molecule has 2 N–H and O–H groups in total. The Morgan fingerprint density at radius 1 is 1.47 bits per heavy atom. The van der Waals surface area contributed by atoms with Crippen LogP contribution in [-0.4, -0.2) is 16.2 Å². The maximum atomic E-state index is 10.3. The number of carbonyl (C=O) groups is 1. The van der Waals surface area contributed by atoms with Crippen LogP contribution in [-0.2, 0) is 11.4 Å². The molecule has 0 aliphatic heterocycles. The Bertz CT molecular complexity index is 380. The molecule has 0 aliphatic rings. The van der Waals surface area contributed by atoms with E-state index in [0.717, 1.165) is 16.7 Å². The molecule has 3 heteroatoms. The summed E-state index contributed by atoms with van der Waals surface area (Å²) in [6.45, 7) is 1.92. The molecule has 0 saturated heterocycles. The van der Waals surface area contributed by atoms with Crippen molar-refractivity contribution in [2.24, 2.45) is 0 Å². The van der Waals surface area contributed by atoms with Crippen LogP contribution < -0.4 is 0 Å². The minimum Gasteiger partial charge on any atom is -0.481 e. The van der Waals surface area contributed by atoms with Gasteiger partial charge in [0.2, 0.25) is 0 Å². The Kier molecular flexibility index (Phi) is 4.06. The Labute approximate surface area is 88.7 Å². The quantitative estimate of drug-likeness (QED) is 0.791. The molecule has 1 aromatic carbocycles. The van der Waals surface area contributed by atoms with Gasteiger partial charge < -0.3 is 10.2 Å². The van der Waals surface area contributed by atoms with E-state index in [1.54, 1.807) is 12.2 Å². The van der Waals surface area contributed by atoms with Gasteiger partial charge in [0.15, 0.2) is 0 Å². The van der Waals surface area contributed by atoms with Gasteiger partial charge in [0, 0.05) is 0 Å². The third kappa shape index (κ3) is 3.22. The van der Waals surface area contributed by atoms with E-state index in [1.165, 1.54) is 0 Å². The number of aliphatic hydroxyl groups is 1. The van der Waals surface area contributed by atoms with E-state index in [2.05, 4.69) is 0 Å². The first-order chi connectivity index (χ1) is 7.15. The van der Waals surface area contributed by atoms with Crippen LogP contribution in [0.15, 0.2) is 24.3 Å². The fourth-order valence-corrected chi connectivity index (χ4v) is 1.34. The van der Waals surface area contributed by atoms with Gasteiger partial charge in [0.25, 0.3) is 0 Å². The molecule has 1 aromatic rings. The van der Waals surface area contributed by atoms with Crippen molar-refractivity contribution in [3.8, 4) is 0 Å². The van der Waals surface area contributed by atoms with Crippen molar-refractivity contribution >= 4 is 12.0 Å². The minimum atomic E-state index is -0.845. The van der Waals surface area contributed by atoms with Gasteiger partial charge in [-0.1, -0.05) is 30.4 Å². The normalized spacial score (nSPS) is 10.8. The molecule has 0 radical (unpaired) electrons. The van der Waals surface area contributed by atoms with Crippen LogP contribution in [0.5, 0.6) is 0 Å². The molecular weight excluding hydrogens is 192 g/mol. The largest absolute Gasteiger partial charge is 0.481 e. The first-order valence-electron chi connectivity index (χ1n) is 4.73. The molecule has 0 bridgehead atoms. The highest BCUT2D eigenvalue weighted by molar-refractivity contribution is 5.70. The van der Waals surface area contributed by atoms with E-state index >= 15 is 0 Å². The Morgan fingerprint density at radius 3 is 2.80 bits per heavy atom. The van der Waals surface area contributed by atoms with Gasteiger partial charge in [0.1, 0.15) is 0 Å². The second kappa shape index (κ2) is 5.32. The molecule has 0 aliphatic carbocycles. The van der Waals surface area contributed by atoms with Gasteiger partial charge in [-0.2, -0.15) is 0 Å². The third-order valence-corrected chi connectivity index (χ3v) is 2.25. The van der Waals surface area contributed by atoms with Crippen molar-refractivity contribution in [3.05, 3.63) is 41.0 Å². The summed E-state index contributed by atoms with van der Waals surface area (Å²) in [5.74, 6) is -0.845. The fraction of sp³-hybridized carbons (Fsp3) is 0.250. The minimum absolute atomic E-state index is 0.00639. The highest BCUT2D eigenvalue weighted by atomic mass is 16.4. The van der Waals surface area contributed by atoms with Crippen LogP contribution in [0.2, 0.25) is 0 Å². The predicted molar refractivity (Wildman–Crippen MR) is 58.4 cm³/mol. The van der Waals surface area contributed by atoms with Crippen molar-refractivity contribution in [2.45, 2.75) is 20.0 Å². The van der Waals surface area contributed by atoms with Gasteiger partial charge in [-0.05, 0) is 23.6 Å². The summed E-state index contributed by atoms with van der Waals surface area (Å²) in [4.78, 5) is 10.3. The smallest absolute Gasteiger partial charge is 0.307 e. The monoisotopic (exact) mass is 206 g/mol. The number of carboxylic acids is 1. The van der Waals surface area contributed by atoms with Gasteiger partial charge in [-0.3, -0.25) is 4.79 Å². The number of benzene rings is 1. The first kappa shape index (κ1) is 11.5. The SMILES string of the molecule is Cc1c(C=CCC(=O)O)cccc1CO. The molecule has 0 atom stereocenters. The second-order valence-corrected chi connectivity index (χ2v) is 3.29. The zero-order valence-corrected chi connectivity index (χ0v) is 8.60. The summed E-state index contributed by atoms with van der Waals surface area (Å²) in [5.41, 5.74) is 2.80. The average molecular weight is 206 g/mol. The van der Waals surface area contributed by atoms with E-state index in [0.29, 0.717) is 0 Å². The molecule has 80 valence electrons. The number of hydrogen-bond donors (Lipinski definition) is 2. The fourth-order valence-electron chi connectivity index (χ4n) is 1.34. The highest BCUT2D eigenvalue weighted by Gasteiger charge is 1.99. The number of hydrogen-bond acceptors (Lipinski definition) is 2. The van der Waals surface area contributed by atoms with Crippen LogP contribution in [0, 0.1) is 6.92 Å². The molecule has 0 spiro atoms. The molecule has 0 heterocycles. The van der Waals surface area contributed by atoms with E-state index in [9.17, 15) is 4.79 Å². The summed E-state index contributed by atoms with van der Waals surface area (Å²) in [6.07, 6.45) is 3.39. The molecule has 15 heavy (non-hydrogen) atoms. The van der Waals surface area contributed by atoms with Crippen LogP contribution in [0.4, 0.5) is 0 Å². The predicted octanol–water partition coefficient (Wildman–Crippen LogP) is 1.98. The van der Waals surface area contributed by atoms with E-state index in [-0.39, 0.29) is 13.0 Å². The number of rotatable bonds is 4. The highest BCUT2D eigenvalue weighted by Crippen LogP contribution is 2.15. The molecule has 0 saturated carbocycles. The Morgan fingerprint density at radius 2 is 2.20 bits per heavy atom. The van der Waals surface area contributed by atoms with Crippen LogP contribution in [0.1, 0.15) is 23.1 Å². The molecule has 0 amide bonds. The maximum Gasteiger partial charge on any atom is 0.307 e.